The lowest BCUT2D eigenvalue weighted by atomic mass is 9.97. The van der Waals surface area contributed by atoms with E-state index in [1.165, 1.54) is 21.9 Å². The second-order valence-corrected chi connectivity index (χ2v) is 12.2. The molecular weight excluding hydrogens is 610 g/mol. The van der Waals surface area contributed by atoms with Gasteiger partial charge in [0, 0.05) is 21.9 Å². The second-order valence-electron chi connectivity index (χ2n) is 11.8. The molecule has 0 fully saturated rings. The van der Waals surface area contributed by atoms with Gasteiger partial charge in [-0.2, -0.15) is 9.97 Å². The third-order valence-corrected chi connectivity index (χ3v) is 9.02. The molecule has 7 aromatic carbocycles. The van der Waals surface area contributed by atoms with Crippen molar-refractivity contribution in [1.29, 1.82) is 0 Å². The van der Waals surface area contributed by atoms with Crippen molar-refractivity contribution in [2.75, 3.05) is 0 Å². The summed E-state index contributed by atoms with van der Waals surface area (Å²) in [5, 5.41) is 4.57. The van der Waals surface area contributed by atoms with Crippen molar-refractivity contribution in [3.63, 3.8) is 0 Å². The van der Waals surface area contributed by atoms with Crippen LogP contribution in [0.15, 0.2) is 162 Å². The van der Waals surface area contributed by atoms with Gasteiger partial charge in [-0.3, -0.25) is 0 Å². The van der Waals surface area contributed by atoms with E-state index in [0.717, 1.165) is 55.3 Å². The third kappa shape index (κ3) is 5.09. The van der Waals surface area contributed by atoms with Crippen LogP contribution in [0.5, 0.6) is 0 Å². The van der Waals surface area contributed by atoms with E-state index in [-0.39, 0.29) is 5.28 Å². The molecule has 2 aromatic heterocycles. The molecule has 0 unspecified atom stereocenters. The number of fused-ring (bicyclic) bond motifs is 4. The number of furan rings is 1. The Kier molecular flexibility index (Phi) is 6.81. The first-order chi connectivity index (χ1) is 23.7. The third-order valence-electron chi connectivity index (χ3n) is 8.85. The fraction of sp³-hybridized carbons (Fsp3) is 0. The highest BCUT2D eigenvalue weighted by atomic mass is 35.5. The standard InChI is InChI=1S/C43H26ClN3O/c44-43-46-41(34-14-7-13-29(25-34)31-19-20-32-23-30(17-18-33(32)24-31)27-9-3-1-4-10-27)45-42(47-43)35-21-22-38-37(26-35)40-36(15-8-16-39(40)48-38)28-11-5-2-6-12-28/h1-26H. The number of hydrogen-bond donors (Lipinski definition) is 0. The summed E-state index contributed by atoms with van der Waals surface area (Å²) in [6.45, 7) is 0. The van der Waals surface area contributed by atoms with Gasteiger partial charge in [-0.1, -0.05) is 115 Å². The summed E-state index contributed by atoms with van der Waals surface area (Å²) in [5.74, 6) is 1.02. The summed E-state index contributed by atoms with van der Waals surface area (Å²) in [6.07, 6.45) is 0. The molecule has 5 heteroatoms. The average Bonchev–Trinajstić information content (AvgIpc) is 3.53. The van der Waals surface area contributed by atoms with Gasteiger partial charge in [-0.05, 0) is 98.2 Å². The number of benzene rings is 7. The normalized spacial score (nSPS) is 11.4. The number of hydrogen-bond acceptors (Lipinski definition) is 4. The van der Waals surface area contributed by atoms with Gasteiger partial charge in [0.1, 0.15) is 11.2 Å². The fourth-order valence-corrected chi connectivity index (χ4v) is 6.67. The molecule has 0 aliphatic rings. The lowest BCUT2D eigenvalue weighted by Gasteiger charge is -2.09. The van der Waals surface area contributed by atoms with Crippen LogP contribution in [0.4, 0.5) is 0 Å². The van der Waals surface area contributed by atoms with Crippen molar-refractivity contribution < 1.29 is 4.42 Å². The summed E-state index contributed by atoms with van der Waals surface area (Å²) in [7, 11) is 0. The molecule has 2 heterocycles. The minimum atomic E-state index is 0.141. The van der Waals surface area contributed by atoms with Crippen LogP contribution in [0, 0.1) is 0 Å². The molecule has 0 atom stereocenters. The SMILES string of the molecule is Clc1nc(-c2cccc(-c3ccc4cc(-c5ccccc5)ccc4c3)c2)nc(-c2ccc3oc4cccc(-c5ccccc5)c4c3c2)n1. The molecule has 9 rings (SSSR count). The quantitative estimate of drug-likeness (QED) is 0.189. The van der Waals surface area contributed by atoms with Gasteiger partial charge in [0.2, 0.25) is 5.28 Å². The van der Waals surface area contributed by atoms with E-state index in [4.69, 9.17) is 21.0 Å². The Labute approximate surface area is 282 Å². The molecule has 226 valence electrons. The Morgan fingerprint density at radius 3 is 1.69 bits per heavy atom. The van der Waals surface area contributed by atoms with Gasteiger partial charge < -0.3 is 4.42 Å². The Bertz CT molecular complexity index is 2630. The first kappa shape index (κ1) is 28.1. The fourth-order valence-electron chi connectivity index (χ4n) is 6.51. The summed E-state index contributed by atoms with van der Waals surface area (Å²) in [4.78, 5) is 14.0. The van der Waals surface area contributed by atoms with E-state index in [0.29, 0.717) is 11.6 Å². The molecule has 0 amide bonds. The van der Waals surface area contributed by atoms with E-state index >= 15 is 0 Å². The molecule has 4 nitrogen and oxygen atoms in total. The highest BCUT2D eigenvalue weighted by Crippen LogP contribution is 2.38. The zero-order chi connectivity index (χ0) is 32.0. The monoisotopic (exact) mass is 635 g/mol. The van der Waals surface area contributed by atoms with Crippen molar-refractivity contribution in [1.82, 2.24) is 15.0 Å². The lowest BCUT2D eigenvalue weighted by molar-refractivity contribution is 0.669. The van der Waals surface area contributed by atoms with Gasteiger partial charge in [0.15, 0.2) is 11.6 Å². The van der Waals surface area contributed by atoms with Crippen molar-refractivity contribution in [3.8, 4) is 56.2 Å². The van der Waals surface area contributed by atoms with E-state index < -0.39 is 0 Å². The molecule has 9 aromatic rings. The van der Waals surface area contributed by atoms with Gasteiger partial charge in [0.05, 0.1) is 0 Å². The minimum absolute atomic E-state index is 0.141. The van der Waals surface area contributed by atoms with E-state index in [1.54, 1.807) is 0 Å². The zero-order valence-corrected chi connectivity index (χ0v) is 26.4. The highest BCUT2D eigenvalue weighted by Gasteiger charge is 2.16. The molecule has 48 heavy (non-hydrogen) atoms. The van der Waals surface area contributed by atoms with Gasteiger partial charge in [-0.15, -0.1) is 0 Å². The summed E-state index contributed by atoms with van der Waals surface area (Å²) < 4.78 is 6.25. The Hall–Kier alpha value is -6.10. The highest BCUT2D eigenvalue weighted by molar-refractivity contribution is 6.28. The average molecular weight is 636 g/mol. The van der Waals surface area contributed by atoms with E-state index in [2.05, 4.69) is 107 Å². The number of nitrogens with zero attached hydrogens (tertiary/aromatic N) is 3. The number of rotatable bonds is 5. The van der Waals surface area contributed by atoms with Crippen LogP contribution in [0.25, 0.3) is 88.9 Å². The topological polar surface area (TPSA) is 51.8 Å². The van der Waals surface area contributed by atoms with Crippen LogP contribution in [0.3, 0.4) is 0 Å². The first-order valence-electron chi connectivity index (χ1n) is 15.8. The molecule has 0 bridgehead atoms. The minimum Gasteiger partial charge on any atom is -0.456 e. The maximum absolute atomic E-state index is 6.55. The maximum atomic E-state index is 6.55. The molecular formula is C43H26ClN3O. The largest absolute Gasteiger partial charge is 0.456 e. The Balaban J connectivity index is 1.09. The van der Waals surface area contributed by atoms with Crippen molar-refractivity contribution in [3.05, 3.63) is 163 Å². The second kappa shape index (κ2) is 11.6. The van der Waals surface area contributed by atoms with Gasteiger partial charge in [0.25, 0.3) is 0 Å². The van der Waals surface area contributed by atoms with Crippen LogP contribution in [0.2, 0.25) is 5.28 Å². The van der Waals surface area contributed by atoms with Crippen LogP contribution in [-0.2, 0) is 0 Å². The zero-order valence-electron chi connectivity index (χ0n) is 25.6. The van der Waals surface area contributed by atoms with Crippen molar-refractivity contribution in [2.45, 2.75) is 0 Å². The van der Waals surface area contributed by atoms with Gasteiger partial charge >= 0.3 is 0 Å². The van der Waals surface area contributed by atoms with Gasteiger partial charge in [-0.25, -0.2) is 4.98 Å². The van der Waals surface area contributed by atoms with E-state index in [1.807, 2.05) is 60.7 Å². The van der Waals surface area contributed by atoms with Crippen LogP contribution in [-0.4, -0.2) is 15.0 Å². The molecule has 0 N–H and O–H groups in total. The summed E-state index contributed by atoms with van der Waals surface area (Å²) >= 11 is 6.55. The molecule has 0 aliphatic carbocycles. The smallest absolute Gasteiger partial charge is 0.226 e. The molecule has 0 saturated carbocycles. The summed E-state index contributed by atoms with van der Waals surface area (Å²) in [5.41, 5.74) is 10.2. The predicted octanol–water partition coefficient (Wildman–Crippen LogP) is 11.9. The van der Waals surface area contributed by atoms with Crippen molar-refractivity contribution >= 4 is 44.3 Å². The molecule has 0 spiro atoms. The number of aromatic nitrogens is 3. The Morgan fingerprint density at radius 2 is 0.958 bits per heavy atom. The van der Waals surface area contributed by atoms with Crippen molar-refractivity contribution in [2.24, 2.45) is 0 Å². The van der Waals surface area contributed by atoms with Crippen LogP contribution >= 0.6 is 11.6 Å². The maximum Gasteiger partial charge on any atom is 0.226 e. The predicted molar refractivity (Wildman–Crippen MR) is 197 cm³/mol. The first-order valence-corrected chi connectivity index (χ1v) is 16.2. The number of halogens is 1. The van der Waals surface area contributed by atoms with Crippen LogP contribution < -0.4 is 0 Å². The van der Waals surface area contributed by atoms with Crippen LogP contribution in [0.1, 0.15) is 0 Å². The summed E-state index contributed by atoms with van der Waals surface area (Å²) in [6, 6.07) is 54.4. The lowest BCUT2D eigenvalue weighted by Crippen LogP contribution is -1.97. The molecule has 0 radical (unpaired) electrons. The Morgan fingerprint density at radius 1 is 0.396 bits per heavy atom. The van der Waals surface area contributed by atoms with E-state index in [9.17, 15) is 0 Å². The molecule has 0 aliphatic heterocycles. The molecule has 0 saturated heterocycles.